The van der Waals surface area contributed by atoms with Crippen LogP contribution in [-0.2, 0) is 24.8 Å². The number of ether oxygens (including phenoxy) is 1. The highest BCUT2D eigenvalue weighted by Gasteiger charge is 2.25. The van der Waals surface area contributed by atoms with Gasteiger partial charge in [-0.05, 0) is 61.7 Å². The van der Waals surface area contributed by atoms with Crippen LogP contribution in [0.15, 0.2) is 53.4 Å². The fourth-order valence-electron chi connectivity index (χ4n) is 3.91. The van der Waals surface area contributed by atoms with E-state index in [1.165, 1.54) is 20.7 Å². The lowest BCUT2D eigenvalue weighted by molar-refractivity contribution is -0.121. The van der Waals surface area contributed by atoms with Gasteiger partial charge in [0.05, 0.1) is 23.4 Å². The zero-order chi connectivity index (χ0) is 26.2. The van der Waals surface area contributed by atoms with Crippen LogP contribution in [0.3, 0.4) is 0 Å². The molecule has 2 aromatic rings. The molecule has 0 spiro atoms. The molecule has 0 radical (unpaired) electrons. The van der Waals surface area contributed by atoms with Gasteiger partial charge in [-0.25, -0.2) is 16.8 Å². The van der Waals surface area contributed by atoms with E-state index in [0.29, 0.717) is 36.0 Å². The Hall–Kier alpha value is -2.34. The molecule has 0 saturated carbocycles. The maximum Gasteiger partial charge on any atom is 0.243 e. The van der Waals surface area contributed by atoms with Gasteiger partial charge < -0.3 is 10.1 Å². The first-order valence-corrected chi connectivity index (χ1v) is 15.5. The van der Waals surface area contributed by atoms with Gasteiger partial charge in [0.25, 0.3) is 0 Å². The number of nitrogens with zero attached hydrogens (tertiary/aromatic N) is 2. The Bertz CT molecular complexity index is 1230. The number of hydrogen-bond donors (Lipinski definition) is 1. The van der Waals surface area contributed by atoms with Gasteiger partial charge in [-0.3, -0.25) is 9.10 Å². The quantitative estimate of drug-likeness (QED) is 0.401. The maximum absolute atomic E-state index is 12.7. The van der Waals surface area contributed by atoms with Crippen molar-refractivity contribution in [2.24, 2.45) is 0 Å². The largest absolute Gasteiger partial charge is 0.492 e. The number of sulfonamides is 2. The molecule has 0 aliphatic carbocycles. The molecule has 0 atom stereocenters. The van der Waals surface area contributed by atoms with Crippen LogP contribution in [0.25, 0.3) is 0 Å². The third-order valence-corrected chi connectivity index (χ3v) is 9.07. The van der Waals surface area contributed by atoms with Gasteiger partial charge in [0.15, 0.2) is 0 Å². The Morgan fingerprint density at radius 3 is 2.39 bits per heavy atom. The molecular formula is C24H32ClN3O6S2. The Morgan fingerprint density at radius 2 is 1.75 bits per heavy atom. The van der Waals surface area contributed by atoms with Crippen LogP contribution in [0.1, 0.15) is 32.1 Å². The van der Waals surface area contributed by atoms with E-state index in [1.807, 2.05) is 0 Å². The van der Waals surface area contributed by atoms with Crippen LogP contribution in [-0.4, -0.2) is 66.1 Å². The van der Waals surface area contributed by atoms with Crippen LogP contribution >= 0.6 is 11.6 Å². The summed E-state index contributed by atoms with van der Waals surface area (Å²) in [4.78, 5) is 12.4. The number of nitrogens with one attached hydrogen (secondary N) is 1. The molecule has 0 bridgehead atoms. The van der Waals surface area contributed by atoms with E-state index in [9.17, 15) is 21.6 Å². The summed E-state index contributed by atoms with van der Waals surface area (Å²) in [7, 11) is -7.01. The topological polar surface area (TPSA) is 113 Å². The Kier molecular flexibility index (Phi) is 10.0. The average molecular weight is 558 g/mol. The monoisotopic (exact) mass is 557 g/mol. The molecule has 1 fully saturated rings. The first-order valence-electron chi connectivity index (χ1n) is 11.8. The van der Waals surface area contributed by atoms with Gasteiger partial charge in [0, 0.05) is 31.1 Å². The van der Waals surface area contributed by atoms with Crippen molar-refractivity contribution >= 4 is 43.2 Å². The molecule has 0 unspecified atom stereocenters. The molecule has 36 heavy (non-hydrogen) atoms. The van der Waals surface area contributed by atoms with E-state index in [0.717, 1.165) is 25.5 Å². The maximum atomic E-state index is 12.7. The van der Waals surface area contributed by atoms with Gasteiger partial charge in [-0.15, -0.1) is 0 Å². The van der Waals surface area contributed by atoms with Gasteiger partial charge in [-0.2, -0.15) is 4.31 Å². The van der Waals surface area contributed by atoms with E-state index < -0.39 is 20.0 Å². The highest BCUT2D eigenvalue weighted by molar-refractivity contribution is 7.92. The van der Waals surface area contributed by atoms with Crippen LogP contribution in [0.5, 0.6) is 5.75 Å². The third-order valence-electron chi connectivity index (χ3n) is 5.73. The summed E-state index contributed by atoms with van der Waals surface area (Å²) >= 11 is 5.97. The second-order valence-electron chi connectivity index (χ2n) is 8.55. The van der Waals surface area contributed by atoms with Crippen molar-refractivity contribution in [1.29, 1.82) is 0 Å². The van der Waals surface area contributed by atoms with Crippen LogP contribution in [0.2, 0.25) is 5.02 Å². The van der Waals surface area contributed by atoms with Crippen molar-refractivity contribution in [2.45, 2.75) is 37.0 Å². The lowest BCUT2D eigenvalue weighted by atomic mass is 10.2. The normalized spacial score (nSPS) is 14.8. The molecule has 0 aromatic heterocycles. The minimum absolute atomic E-state index is 0.148. The highest BCUT2D eigenvalue weighted by atomic mass is 35.5. The van der Waals surface area contributed by atoms with Crippen molar-refractivity contribution in [3.8, 4) is 5.75 Å². The lowest BCUT2D eigenvalue weighted by Crippen LogP contribution is -2.35. The zero-order valence-corrected chi connectivity index (χ0v) is 22.6. The minimum Gasteiger partial charge on any atom is -0.492 e. The molecule has 2 aromatic carbocycles. The molecular weight excluding hydrogens is 526 g/mol. The van der Waals surface area contributed by atoms with Crippen LogP contribution in [0.4, 0.5) is 5.69 Å². The summed E-state index contributed by atoms with van der Waals surface area (Å²) in [5, 5.41) is 3.17. The fourth-order valence-corrected chi connectivity index (χ4v) is 6.57. The number of rotatable bonds is 12. The number of amides is 1. The second-order valence-corrected chi connectivity index (χ2v) is 12.8. The molecule has 1 N–H and O–H groups in total. The van der Waals surface area contributed by atoms with E-state index >= 15 is 0 Å². The molecule has 12 heteroatoms. The van der Waals surface area contributed by atoms with Crippen molar-refractivity contribution in [2.75, 3.05) is 43.3 Å². The molecule has 3 rings (SSSR count). The van der Waals surface area contributed by atoms with Crippen molar-refractivity contribution in [1.82, 2.24) is 9.62 Å². The van der Waals surface area contributed by atoms with Crippen LogP contribution in [0, 0.1) is 0 Å². The fraction of sp³-hybridized carbons (Fsp3) is 0.458. The summed E-state index contributed by atoms with van der Waals surface area (Å²) in [6.45, 7) is 1.72. The molecule has 1 saturated heterocycles. The third kappa shape index (κ3) is 8.09. The van der Waals surface area contributed by atoms with Gasteiger partial charge in [0.1, 0.15) is 12.4 Å². The number of halogens is 1. The summed E-state index contributed by atoms with van der Waals surface area (Å²) in [5.74, 6) is 0.285. The number of carbonyl (C=O) groups excluding carboxylic acids is 1. The van der Waals surface area contributed by atoms with Gasteiger partial charge >= 0.3 is 0 Å². The summed E-state index contributed by atoms with van der Waals surface area (Å²) in [6, 6.07) is 12.8. The van der Waals surface area contributed by atoms with Crippen LogP contribution < -0.4 is 14.4 Å². The highest BCUT2D eigenvalue weighted by Crippen LogP contribution is 2.23. The van der Waals surface area contributed by atoms with Crippen molar-refractivity contribution in [3.05, 3.63) is 53.6 Å². The Morgan fingerprint density at radius 1 is 1.06 bits per heavy atom. The molecule has 1 aliphatic heterocycles. The Labute approximate surface area is 218 Å². The summed E-state index contributed by atoms with van der Waals surface area (Å²) < 4.78 is 58.1. The zero-order valence-electron chi connectivity index (χ0n) is 20.2. The molecule has 1 amide bonds. The van der Waals surface area contributed by atoms with Gasteiger partial charge in [0.2, 0.25) is 26.0 Å². The first kappa shape index (κ1) is 28.2. The summed E-state index contributed by atoms with van der Waals surface area (Å²) in [5.41, 5.74) is 0.452. The number of anilines is 1. The van der Waals surface area contributed by atoms with Crippen molar-refractivity contribution < 1.29 is 26.4 Å². The minimum atomic E-state index is -3.52. The van der Waals surface area contributed by atoms with Gasteiger partial charge in [-0.1, -0.05) is 24.1 Å². The molecule has 1 aliphatic rings. The molecule has 198 valence electrons. The lowest BCUT2D eigenvalue weighted by Gasteiger charge is -2.25. The smallest absolute Gasteiger partial charge is 0.243 e. The SMILES string of the molecule is CS(=O)(=O)N(CCCC(=O)NCCOc1ccc(S(=O)(=O)N2CCCCC2)cc1)c1cccc(Cl)c1. The van der Waals surface area contributed by atoms with E-state index in [1.54, 1.807) is 36.4 Å². The van der Waals surface area contributed by atoms with E-state index in [-0.39, 0.29) is 36.9 Å². The number of hydrogen-bond acceptors (Lipinski definition) is 6. The standard InChI is InChI=1S/C24H32ClN3O6S2/c1-35(30,31)28(21-8-5-7-20(25)19-21)17-6-9-24(29)26-14-18-34-22-10-12-23(13-11-22)36(32,33)27-15-3-2-4-16-27/h5,7-8,10-13,19H,2-4,6,9,14-18H2,1H3,(H,26,29). The average Bonchev–Trinajstić information content (AvgIpc) is 2.84. The summed E-state index contributed by atoms with van der Waals surface area (Å²) in [6.07, 6.45) is 4.40. The molecule has 1 heterocycles. The molecule has 9 nitrogen and oxygen atoms in total. The predicted molar refractivity (Wildman–Crippen MR) is 140 cm³/mol. The number of piperidine rings is 1. The van der Waals surface area contributed by atoms with Crippen molar-refractivity contribution in [3.63, 3.8) is 0 Å². The number of carbonyl (C=O) groups is 1. The Balaban J connectivity index is 1.40. The predicted octanol–water partition coefficient (Wildman–Crippen LogP) is 3.26. The second kappa shape index (κ2) is 12.8. The number of benzene rings is 2. The first-order chi connectivity index (χ1) is 17.1. The van der Waals surface area contributed by atoms with E-state index in [4.69, 9.17) is 16.3 Å². The van der Waals surface area contributed by atoms with E-state index in [2.05, 4.69) is 5.32 Å².